The molecule has 0 saturated heterocycles. The molecule has 17 heavy (non-hydrogen) atoms. The summed E-state index contributed by atoms with van der Waals surface area (Å²) in [7, 11) is 1.98. The van der Waals surface area contributed by atoms with Crippen LogP contribution in [0, 0.1) is 5.92 Å². The van der Waals surface area contributed by atoms with E-state index in [0.717, 1.165) is 6.92 Å². The van der Waals surface area contributed by atoms with Crippen LogP contribution in [0.3, 0.4) is 0 Å². The first-order valence-corrected chi connectivity index (χ1v) is 5.61. The Morgan fingerprint density at radius 2 is 2.29 bits per heavy atom. The van der Waals surface area contributed by atoms with E-state index in [-0.39, 0.29) is 19.9 Å². The third kappa shape index (κ3) is 4.54. The molecule has 0 fully saturated rings. The number of allylic oxidation sites excluding steroid dienone is 1. The quantitative estimate of drug-likeness (QED) is 0.507. The molecule has 0 amide bonds. The van der Waals surface area contributed by atoms with Crippen molar-refractivity contribution in [2.24, 2.45) is 5.92 Å². The Labute approximate surface area is 105 Å². The van der Waals surface area contributed by atoms with Crippen LogP contribution in [-0.4, -0.2) is 34.2 Å². The molecule has 98 valence electrons. The maximum atomic E-state index is 11.5. The number of aliphatic hydroxyl groups is 1. The first kappa shape index (κ1) is 14.3. The van der Waals surface area contributed by atoms with Crippen molar-refractivity contribution in [2.45, 2.75) is 32.3 Å². The second-order valence-electron chi connectivity index (χ2n) is 3.63. The molecular formula is C11H19O5P. The van der Waals surface area contributed by atoms with Crippen LogP contribution in [-0.2, 0) is 14.1 Å². The number of carbonyl (C=O) groups is 2. The number of ketones is 1. The highest BCUT2D eigenvalue weighted by Crippen LogP contribution is 2.25. The van der Waals surface area contributed by atoms with E-state index in [9.17, 15) is 14.7 Å². The second-order valence-corrected chi connectivity index (χ2v) is 3.97. The van der Waals surface area contributed by atoms with Gasteiger partial charge in [-0.25, -0.2) is 0 Å². The molecule has 0 aliphatic rings. The van der Waals surface area contributed by atoms with E-state index in [1.54, 1.807) is 0 Å². The fraction of sp³-hybridized carbons (Fsp3) is 0.636. The summed E-state index contributed by atoms with van der Waals surface area (Å²) in [6.45, 7) is 1.32. The molecular weight excluding hydrogens is 243 g/mol. The lowest BCUT2D eigenvalue weighted by atomic mass is 9.81. The molecule has 0 saturated carbocycles. The van der Waals surface area contributed by atoms with E-state index in [4.69, 9.17) is 11.0 Å². The smallest absolute Gasteiger partial charge is 0.313 e. The van der Waals surface area contributed by atoms with Crippen LogP contribution in [0.15, 0.2) is 12.2 Å². The van der Waals surface area contributed by atoms with Gasteiger partial charge in [0.25, 0.3) is 0 Å². The summed E-state index contributed by atoms with van der Waals surface area (Å²) in [4.78, 5) is 22.7. The number of Topliss-reactive ketones (excluding diaryl/α,β-unsaturated/α-hetero) is 1. The highest BCUT2D eigenvalue weighted by Gasteiger charge is 2.43. The van der Waals surface area contributed by atoms with Gasteiger partial charge in [-0.1, -0.05) is 19.1 Å². The number of hydrogen-bond acceptors (Lipinski definition) is 4. The van der Waals surface area contributed by atoms with Crippen molar-refractivity contribution in [3.05, 3.63) is 12.2 Å². The molecule has 2 N–H and O–H groups in total. The van der Waals surface area contributed by atoms with E-state index in [2.05, 4.69) is 0 Å². The van der Waals surface area contributed by atoms with Gasteiger partial charge in [0.05, 0.1) is 6.61 Å². The Kier molecular flexibility index (Phi) is 6.34. The van der Waals surface area contributed by atoms with E-state index >= 15 is 0 Å². The summed E-state index contributed by atoms with van der Waals surface area (Å²) >= 11 is 0. The molecule has 0 rings (SSSR count). The largest absolute Gasteiger partial charge is 0.481 e. The van der Waals surface area contributed by atoms with Crippen LogP contribution in [0.25, 0.3) is 0 Å². The molecule has 0 aliphatic carbocycles. The maximum Gasteiger partial charge on any atom is 0.313 e. The van der Waals surface area contributed by atoms with Crippen molar-refractivity contribution < 1.29 is 25.7 Å². The SMILES string of the molecule is [2H]CC/C=C/C(C(=O)O)C(O)(CCOP)C(C)=O. The molecule has 0 bridgehead atoms. The van der Waals surface area contributed by atoms with Gasteiger partial charge in [-0.3, -0.25) is 9.59 Å². The topological polar surface area (TPSA) is 83.8 Å². The van der Waals surface area contributed by atoms with E-state index < -0.39 is 23.3 Å². The molecule has 0 aromatic heterocycles. The van der Waals surface area contributed by atoms with Gasteiger partial charge >= 0.3 is 5.97 Å². The highest BCUT2D eigenvalue weighted by atomic mass is 31.0. The van der Waals surface area contributed by atoms with Crippen molar-refractivity contribution in [3.8, 4) is 0 Å². The van der Waals surface area contributed by atoms with Gasteiger partial charge in [0.2, 0.25) is 0 Å². The number of rotatable bonds is 8. The fourth-order valence-electron chi connectivity index (χ4n) is 1.44. The Morgan fingerprint density at radius 1 is 1.65 bits per heavy atom. The van der Waals surface area contributed by atoms with Crippen molar-refractivity contribution in [3.63, 3.8) is 0 Å². The highest BCUT2D eigenvalue weighted by molar-refractivity contribution is 7.09. The van der Waals surface area contributed by atoms with Crippen molar-refractivity contribution >= 4 is 21.2 Å². The van der Waals surface area contributed by atoms with Crippen LogP contribution < -0.4 is 0 Å². The summed E-state index contributed by atoms with van der Waals surface area (Å²) < 4.78 is 11.7. The van der Waals surface area contributed by atoms with Crippen LogP contribution in [0.5, 0.6) is 0 Å². The molecule has 0 radical (unpaired) electrons. The molecule has 0 heterocycles. The fourth-order valence-corrected chi connectivity index (χ4v) is 1.56. The van der Waals surface area contributed by atoms with Gasteiger partial charge in [-0.2, -0.15) is 0 Å². The first-order valence-electron chi connectivity index (χ1n) is 5.84. The lowest BCUT2D eigenvalue weighted by Gasteiger charge is -2.29. The van der Waals surface area contributed by atoms with E-state index in [0.29, 0.717) is 6.42 Å². The Bertz CT molecular complexity index is 321. The normalized spacial score (nSPS) is 17.5. The predicted octanol–water partition coefficient (Wildman–Crippen LogP) is 1.17. The molecule has 0 aromatic carbocycles. The third-order valence-electron chi connectivity index (χ3n) is 2.49. The van der Waals surface area contributed by atoms with Gasteiger partial charge in [0.1, 0.15) is 11.5 Å². The lowest BCUT2D eigenvalue weighted by molar-refractivity contribution is -0.157. The molecule has 6 heteroatoms. The summed E-state index contributed by atoms with van der Waals surface area (Å²) in [6, 6.07) is 0. The number of aliphatic carboxylic acids is 1. The molecule has 0 aliphatic heterocycles. The van der Waals surface area contributed by atoms with Crippen molar-refractivity contribution in [1.82, 2.24) is 0 Å². The van der Waals surface area contributed by atoms with Gasteiger partial charge in [0, 0.05) is 17.3 Å². The van der Waals surface area contributed by atoms with E-state index in [1.807, 2.05) is 9.47 Å². The standard InChI is InChI=1S/C11H19O5P/c1-3-4-5-9(10(13)14)11(15,8(2)12)6-7-16-17/h4-5,9,15H,3,6-7,17H2,1-2H3,(H,13,14)/b5-4+/i1D. The zero-order valence-corrected chi connectivity index (χ0v) is 10.9. The molecule has 5 nitrogen and oxygen atoms in total. The Balaban J connectivity index is 5.10. The van der Waals surface area contributed by atoms with Crippen LogP contribution in [0.2, 0.25) is 0 Å². The van der Waals surface area contributed by atoms with Crippen molar-refractivity contribution in [2.75, 3.05) is 6.61 Å². The van der Waals surface area contributed by atoms with Crippen molar-refractivity contribution in [1.29, 1.82) is 0 Å². The number of carboxylic acid groups (broad SMARTS) is 1. The summed E-state index contributed by atoms with van der Waals surface area (Å²) in [5.41, 5.74) is -1.99. The monoisotopic (exact) mass is 263 g/mol. The van der Waals surface area contributed by atoms with Gasteiger partial charge in [-0.15, -0.1) is 0 Å². The Hall–Kier alpha value is -0.770. The minimum Gasteiger partial charge on any atom is -0.481 e. The predicted molar refractivity (Wildman–Crippen MR) is 66.5 cm³/mol. The Morgan fingerprint density at radius 3 is 2.71 bits per heavy atom. The number of hydrogen-bond donors (Lipinski definition) is 2. The molecule has 0 spiro atoms. The van der Waals surface area contributed by atoms with Gasteiger partial charge < -0.3 is 14.7 Å². The zero-order chi connectivity index (χ0) is 14.2. The number of carbonyl (C=O) groups excluding carboxylic acids is 1. The second kappa shape index (κ2) is 7.54. The zero-order valence-electron chi connectivity index (χ0n) is 10.8. The summed E-state index contributed by atoms with van der Waals surface area (Å²) in [5.74, 6) is -3.23. The first-order chi connectivity index (χ1) is 8.40. The van der Waals surface area contributed by atoms with Crippen LogP contribution >= 0.6 is 9.47 Å². The molecule has 3 atom stereocenters. The van der Waals surface area contributed by atoms with Gasteiger partial charge in [-0.05, 0) is 13.3 Å². The van der Waals surface area contributed by atoms with Gasteiger partial charge in [0.15, 0.2) is 5.78 Å². The summed E-state index contributed by atoms with van der Waals surface area (Å²) in [6.07, 6.45) is 3.02. The van der Waals surface area contributed by atoms with Crippen LogP contribution in [0.1, 0.15) is 28.0 Å². The minimum absolute atomic E-state index is 0.0524. The average molecular weight is 263 g/mol. The third-order valence-corrected chi connectivity index (χ3v) is 2.72. The maximum absolute atomic E-state index is 11.5. The molecule has 3 unspecified atom stereocenters. The van der Waals surface area contributed by atoms with E-state index in [1.165, 1.54) is 12.2 Å². The van der Waals surface area contributed by atoms with Crippen LogP contribution in [0.4, 0.5) is 0 Å². The lowest BCUT2D eigenvalue weighted by Crippen LogP contribution is -2.48. The average Bonchev–Trinajstić information content (AvgIpc) is 2.31. The molecule has 0 aromatic rings. The number of carboxylic acids is 1. The minimum atomic E-state index is -1.99. The summed E-state index contributed by atoms with van der Waals surface area (Å²) in [5, 5.41) is 19.3.